The molecular formula is C10H14N2OS. The quantitative estimate of drug-likeness (QED) is 0.739. The third-order valence-corrected chi connectivity index (χ3v) is 3.80. The van der Waals surface area contributed by atoms with Crippen LogP contribution in [0.15, 0.2) is 17.1 Å². The van der Waals surface area contributed by atoms with Crippen molar-refractivity contribution in [3.8, 4) is 0 Å². The van der Waals surface area contributed by atoms with Crippen molar-refractivity contribution in [3.05, 3.63) is 28.2 Å². The molecule has 4 heteroatoms. The summed E-state index contributed by atoms with van der Waals surface area (Å²) in [4.78, 5) is 13.7. The maximum Gasteiger partial charge on any atom is 0.271 e. The molecule has 76 valence electrons. The summed E-state index contributed by atoms with van der Waals surface area (Å²) in [6, 6.07) is 1.81. The number of hydrogen-bond donors (Lipinski definition) is 2. The van der Waals surface area contributed by atoms with E-state index in [1.54, 1.807) is 6.20 Å². The predicted octanol–water partition coefficient (Wildman–Crippen LogP) is 1.57. The highest BCUT2D eigenvalue weighted by Gasteiger charge is 2.16. The molecule has 1 aromatic rings. The molecule has 0 aliphatic carbocycles. The molecule has 0 spiro atoms. The van der Waals surface area contributed by atoms with Crippen LogP contribution in [0.25, 0.3) is 0 Å². The number of nitrogens with two attached hydrogens (primary N) is 1. The van der Waals surface area contributed by atoms with Gasteiger partial charge >= 0.3 is 0 Å². The van der Waals surface area contributed by atoms with Gasteiger partial charge in [-0.3, -0.25) is 4.79 Å². The Labute approximate surface area is 87.1 Å². The van der Waals surface area contributed by atoms with Crippen molar-refractivity contribution in [1.29, 1.82) is 0 Å². The highest BCUT2D eigenvalue weighted by molar-refractivity contribution is 7.99. The van der Waals surface area contributed by atoms with E-state index >= 15 is 0 Å². The topological polar surface area (TPSA) is 58.9 Å². The Hall–Kier alpha value is -0.900. The molecule has 0 saturated carbocycles. The van der Waals surface area contributed by atoms with E-state index in [0.717, 1.165) is 5.75 Å². The lowest BCUT2D eigenvalue weighted by atomic mass is 9.97. The average molecular weight is 210 g/mol. The van der Waals surface area contributed by atoms with Gasteiger partial charge in [-0.1, -0.05) is 0 Å². The maximum absolute atomic E-state index is 11.1. The van der Waals surface area contributed by atoms with E-state index < -0.39 is 0 Å². The number of nitrogens with one attached hydrogen (secondary N) is 1. The van der Waals surface area contributed by atoms with E-state index in [9.17, 15) is 4.79 Å². The Morgan fingerprint density at radius 2 is 2.43 bits per heavy atom. The lowest BCUT2D eigenvalue weighted by Crippen LogP contribution is -2.15. The fourth-order valence-electron chi connectivity index (χ4n) is 1.76. The first-order chi connectivity index (χ1) is 6.77. The number of thioether (sulfide) groups is 1. The van der Waals surface area contributed by atoms with Crippen molar-refractivity contribution in [1.82, 2.24) is 4.98 Å². The first-order valence-corrected chi connectivity index (χ1v) is 5.98. The lowest BCUT2D eigenvalue weighted by Gasteiger charge is -2.21. The molecule has 1 fully saturated rings. The SMILES string of the molecule is Nc1cc(C2CCCSC2)c[nH]c1=O. The third-order valence-electron chi connectivity index (χ3n) is 2.59. The molecule has 2 rings (SSSR count). The second-order valence-electron chi connectivity index (χ2n) is 3.63. The van der Waals surface area contributed by atoms with E-state index in [4.69, 9.17) is 5.73 Å². The monoisotopic (exact) mass is 210 g/mol. The zero-order valence-corrected chi connectivity index (χ0v) is 8.77. The Balaban J connectivity index is 2.22. The summed E-state index contributed by atoms with van der Waals surface area (Å²) < 4.78 is 0. The Bertz CT molecular complexity index is 369. The minimum absolute atomic E-state index is 0.183. The van der Waals surface area contributed by atoms with Gasteiger partial charge in [-0.2, -0.15) is 11.8 Å². The highest BCUT2D eigenvalue weighted by atomic mass is 32.2. The summed E-state index contributed by atoms with van der Waals surface area (Å²) >= 11 is 1.98. The fourth-order valence-corrected chi connectivity index (χ4v) is 2.94. The normalized spacial score (nSPS) is 22.1. The van der Waals surface area contributed by atoms with Gasteiger partial charge in [0.05, 0.1) is 5.69 Å². The van der Waals surface area contributed by atoms with Crippen LogP contribution in [0, 0.1) is 0 Å². The van der Waals surface area contributed by atoms with E-state index in [1.165, 1.54) is 24.2 Å². The van der Waals surface area contributed by atoms with Gasteiger partial charge in [0.1, 0.15) is 0 Å². The summed E-state index contributed by atoms with van der Waals surface area (Å²) in [7, 11) is 0. The molecule has 1 atom stereocenters. The number of anilines is 1. The minimum Gasteiger partial charge on any atom is -0.394 e. The molecule has 0 bridgehead atoms. The molecule has 3 nitrogen and oxygen atoms in total. The number of nitrogen functional groups attached to an aromatic ring is 1. The summed E-state index contributed by atoms with van der Waals surface area (Å²) in [5, 5.41) is 0. The molecule has 0 radical (unpaired) electrons. The van der Waals surface area contributed by atoms with Gasteiger partial charge < -0.3 is 10.7 Å². The zero-order chi connectivity index (χ0) is 9.97. The molecule has 1 saturated heterocycles. The predicted molar refractivity (Wildman–Crippen MR) is 60.8 cm³/mol. The molecule has 0 amide bonds. The molecule has 1 aromatic heterocycles. The van der Waals surface area contributed by atoms with Gasteiger partial charge in [0.15, 0.2) is 0 Å². The standard InChI is InChI=1S/C10H14N2OS/c11-9-4-8(5-12-10(9)13)7-2-1-3-14-6-7/h4-5,7H,1-3,6,11H2,(H,12,13). The number of aromatic nitrogens is 1. The van der Waals surface area contributed by atoms with Crippen molar-refractivity contribution in [2.24, 2.45) is 0 Å². The van der Waals surface area contributed by atoms with Gasteiger partial charge in [0.2, 0.25) is 0 Å². The Morgan fingerprint density at radius 3 is 3.07 bits per heavy atom. The van der Waals surface area contributed by atoms with Crippen LogP contribution in [-0.2, 0) is 0 Å². The summed E-state index contributed by atoms with van der Waals surface area (Å²) in [6.45, 7) is 0. The number of hydrogen-bond acceptors (Lipinski definition) is 3. The largest absolute Gasteiger partial charge is 0.394 e. The van der Waals surface area contributed by atoms with Crippen LogP contribution < -0.4 is 11.3 Å². The molecular weight excluding hydrogens is 196 g/mol. The number of H-pyrrole nitrogens is 1. The van der Waals surface area contributed by atoms with E-state index in [1.807, 2.05) is 17.8 Å². The summed E-state index contributed by atoms with van der Waals surface area (Å²) in [6.07, 6.45) is 4.27. The molecule has 1 aliphatic rings. The summed E-state index contributed by atoms with van der Waals surface area (Å²) in [5.41, 5.74) is 6.90. The van der Waals surface area contributed by atoms with Crippen molar-refractivity contribution >= 4 is 17.4 Å². The van der Waals surface area contributed by atoms with Crippen molar-refractivity contribution < 1.29 is 0 Å². The Kier molecular flexibility index (Phi) is 2.82. The van der Waals surface area contributed by atoms with Gasteiger partial charge in [0.25, 0.3) is 5.56 Å². The van der Waals surface area contributed by atoms with Crippen LogP contribution in [0.3, 0.4) is 0 Å². The molecule has 2 heterocycles. The highest BCUT2D eigenvalue weighted by Crippen LogP contribution is 2.30. The van der Waals surface area contributed by atoms with Gasteiger partial charge in [-0.15, -0.1) is 0 Å². The zero-order valence-electron chi connectivity index (χ0n) is 7.95. The molecule has 14 heavy (non-hydrogen) atoms. The lowest BCUT2D eigenvalue weighted by molar-refractivity contribution is 0.657. The van der Waals surface area contributed by atoms with Crippen LogP contribution in [0.1, 0.15) is 24.3 Å². The van der Waals surface area contributed by atoms with Crippen LogP contribution >= 0.6 is 11.8 Å². The van der Waals surface area contributed by atoms with Crippen molar-refractivity contribution in [3.63, 3.8) is 0 Å². The third kappa shape index (κ3) is 1.95. The molecule has 0 aromatic carbocycles. The van der Waals surface area contributed by atoms with Crippen LogP contribution in [0.4, 0.5) is 5.69 Å². The van der Waals surface area contributed by atoms with Crippen LogP contribution in [0.2, 0.25) is 0 Å². The minimum atomic E-state index is -0.183. The van der Waals surface area contributed by atoms with Gasteiger partial charge in [0, 0.05) is 11.9 Å². The smallest absolute Gasteiger partial charge is 0.271 e. The maximum atomic E-state index is 11.1. The van der Waals surface area contributed by atoms with Crippen molar-refractivity contribution in [2.75, 3.05) is 17.2 Å². The average Bonchev–Trinajstić information content (AvgIpc) is 2.23. The van der Waals surface area contributed by atoms with E-state index in [-0.39, 0.29) is 5.56 Å². The number of aromatic amines is 1. The first-order valence-electron chi connectivity index (χ1n) is 4.83. The Morgan fingerprint density at radius 1 is 1.57 bits per heavy atom. The molecule has 1 aliphatic heterocycles. The van der Waals surface area contributed by atoms with Crippen molar-refractivity contribution in [2.45, 2.75) is 18.8 Å². The van der Waals surface area contributed by atoms with Gasteiger partial charge in [-0.05, 0) is 36.1 Å². The number of pyridine rings is 1. The van der Waals surface area contributed by atoms with Crippen LogP contribution in [0.5, 0.6) is 0 Å². The molecule has 3 N–H and O–H groups in total. The second kappa shape index (κ2) is 4.09. The molecule has 1 unspecified atom stereocenters. The number of rotatable bonds is 1. The second-order valence-corrected chi connectivity index (χ2v) is 4.78. The van der Waals surface area contributed by atoms with Gasteiger partial charge in [-0.25, -0.2) is 0 Å². The first kappa shape index (κ1) is 9.65. The van der Waals surface area contributed by atoms with Crippen LogP contribution in [-0.4, -0.2) is 16.5 Å². The summed E-state index contributed by atoms with van der Waals surface area (Å²) in [5.74, 6) is 2.97. The van der Waals surface area contributed by atoms with E-state index in [2.05, 4.69) is 4.98 Å². The fraction of sp³-hybridized carbons (Fsp3) is 0.500. The van der Waals surface area contributed by atoms with E-state index in [0.29, 0.717) is 11.6 Å².